The SMILES string of the molecule is CC1(C)c2ccccc2-c2cc(Cl)c(-c3cccc(N(c4ccccc4)c4ccc5ccc6ccccc6c5c4)c3)cc21. The van der Waals surface area contributed by atoms with Crippen LogP contribution in [0.3, 0.4) is 0 Å². The molecule has 0 unspecified atom stereocenters. The highest BCUT2D eigenvalue weighted by Crippen LogP contribution is 2.51. The molecule has 0 fully saturated rings. The number of hydrogen-bond acceptors (Lipinski definition) is 1. The average Bonchev–Trinajstić information content (AvgIpc) is 3.27. The van der Waals surface area contributed by atoms with Crippen molar-refractivity contribution in [3.8, 4) is 22.3 Å². The van der Waals surface area contributed by atoms with Gasteiger partial charge >= 0.3 is 0 Å². The lowest BCUT2D eigenvalue weighted by molar-refractivity contribution is 0.660. The van der Waals surface area contributed by atoms with Gasteiger partial charge in [0.15, 0.2) is 0 Å². The second kappa shape index (κ2) is 9.87. The molecule has 206 valence electrons. The zero-order valence-corrected chi connectivity index (χ0v) is 24.9. The van der Waals surface area contributed by atoms with E-state index in [4.69, 9.17) is 11.6 Å². The third-order valence-electron chi connectivity index (χ3n) is 9.09. The molecule has 8 rings (SSSR count). The fourth-order valence-electron chi connectivity index (χ4n) is 6.91. The van der Waals surface area contributed by atoms with Crippen LogP contribution in [0.4, 0.5) is 17.1 Å². The van der Waals surface area contributed by atoms with Gasteiger partial charge in [-0.25, -0.2) is 0 Å². The Hall–Kier alpha value is -4.85. The van der Waals surface area contributed by atoms with Crippen molar-refractivity contribution in [3.05, 3.63) is 162 Å². The first-order valence-electron chi connectivity index (χ1n) is 14.8. The number of benzene rings is 7. The molecule has 1 aliphatic rings. The molecule has 43 heavy (non-hydrogen) atoms. The predicted octanol–water partition coefficient (Wildman–Crippen LogP) is 12.1. The molecular weight excluding hydrogens is 542 g/mol. The standard InChI is InChI=1S/C41H30ClN/c1-41(2)38-18-9-8-17-34(38)37-26-40(42)36(25-39(37)41)29-12-10-15-31(23-29)43(30-13-4-3-5-14-30)32-22-21-28-20-19-27-11-6-7-16-33(27)35(28)24-32/h3-26H,1-2H3. The Morgan fingerprint density at radius 2 is 1.14 bits per heavy atom. The van der Waals surface area contributed by atoms with Gasteiger partial charge in [0.25, 0.3) is 0 Å². The van der Waals surface area contributed by atoms with Crippen LogP contribution in [0, 0.1) is 0 Å². The molecule has 2 heteroatoms. The van der Waals surface area contributed by atoms with E-state index in [1.807, 2.05) is 0 Å². The van der Waals surface area contributed by atoms with Crippen molar-refractivity contribution in [2.45, 2.75) is 19.3 Å². The molecule has 0 amide bonds. The lowest BCUT2D eigenvalue weighted by Gasteiger charge is -2.27. The number of fused-ring (bicyclic) bond motifs is 6. The van der Waals surface area contributed by atoms with Crippen molar-refractivity contribution in [1.29, 1.82) is 0 Å². The van der Waals surface area contributed by atoms with E-state index in [1.54, 1.807) is 0 Å². The van der Waals surface area contributed by atoms with Gasteiger partial charge in [-0.15, -0.1) is 0 Å². The first-order chi connectivity index (χ1) is 21.0. The molecule has 0 bridgehead atoms. The van der Waals surface area contributed by atoms with Crippen LogP contribution in [0.1, 0.15) is 25.0 Å². The summed E-state index contributed by atoms with van der Waals surface area (Å²) in [6, 6.07) is 52.3. The summed E-state index contributed by atoms with van der Waals surface area (Å²) in [5.41, 5.74) is 10.6. The Balaban J connectivity index is 1.29. The Kier molecular flexibility index (Phi) is 5.93. The van der Waals surface area contributed by atoms with Crippen LogP contribution in [0.25, 0.3) is 43.8 Å². The summed E-state index contributed by atoms with van der Waals surface area (Å²) in [5, 5.41) is 5.76. The summed E-state index contributed by atoms with van der Waals surface area (Å²) in [7, 11) is 0. The first-order valence-corrected chi connectivity index (χ1v) is 15.2. The Labute approximate surface area is 257 Å². The summed E-state index contributed by atoms with van der Waals surface area (Å²) in [6.07, 6.45) is 0. The number of anilines is 3. The number of hydrogen-bond donors (Lipinski definition) is 0. The van der Waals surface area contributed by atoms with E-state index in [0.717, 1.165) is 33.2 Å². The monoisotopic (exact) mass is 571 g/mol. The van der Waals surface area contributed by atoms with Crippen molar-refractivity contribution in [1.82, 2.24) is 0 Å². The Bertz CT molecular complexity index is 2180. The minimum Gasteiger partial charge on any atom is -0.310 e. The third-order valence-corrected chi connectivity index (χ3v) is 9.40. The largest absolute Gasteiger partial charge is 0.310 e. The molecule has 0 radical (unpaired) electrons. The van der Waals surface area contributed by atoms with Gasteiger partial charge in [0.2, 0.25) is 0 Å². The highest BCUT2D eigenvalue weighted by Gasteiger charge is 2.36. The second-order valence-electron chi connectivity index (χ2n) is 12.0. The normalized spacial score (nSPS) is 13.2. The van der Waals surface area contributed by atoms with Crippen molar-refractivity contribution in [3.63, 3.8) is 0 Å². The zero-order valence-electron chi connectivity index (χ0n) is 24.2. The first kappa shape index (κ1) is 25.8. The van der Waals surface area contributed by atoms with E-state index in [1.165, 1.54) is 43.8 Å². The predicted molar refractivity (Wildman–Crippen MR) is 184 cm³/mol. The molecule has 7 aromatic rings. The topological polar surface area (TPSA) is 3.24 Å². The van der Waals surface area contributed by atoms with Gasteiger partial charge in [-0.1, -0.05) is 123 Å². The van der Waals surface area contributed by atoms with Crippen LogP contribution in [0.15, 0.2) is 146 Å². The molecule has 0 saturated heterocycles. The van der Waals surface area contributed by atoms with Crippen molar-refractivity contribution in [2.24, 2.45) is 0 Å². The number of para-hydroxylation sites is 1. The molecule has 0 aliphatic heterocycles. The number of halogens is 1. The van der Waals surface area contributed by atoms with Crippen LogP contribution in [-0.2, 0) is 5.41 Å². The molecule has 0 heterocycles. The minimum absolute atomic E-state index is 0.0905. The van der Waals surface area contributed by atoms with Gasteiger partial charge in [-0.3, -0.25) is 0 Å². The number of rotatable bonds is 4. The van der Waals surface area contributed by atoms with Crippen LogP contribution < -0.4 is 4.90 Å². The van der Waals surface area contributed by atoms with Crippen molar-refractivity contribution < 1.29 is 0 Å². The van der Waals surface area contributed by atoms with Crippen molar-refractivity contribution >= 4 is 50.2 Å². The van der Waals surface area contributed by atoms with E-state index in [-0.39, 0.29) is 5.41 Å². The van der Waals surface area contributed by atoms with E-state index in [2.05, 4.69) is 164 Å². The van der Waals surface area contributed by atoms with E-state index < -0.39 is 0 Å². The second-order valence-corrected chi connectivity index (χ2v) is 12.4. The van der Waals surface area contributed by atoms with E-state index >= 15 is 0 Å². The quantitative estimate of drug-likeness (QED) is 0.190. The van der Waals surface area contributed by atoms with E-state index in [0.29, 0.717) is 0 Å². The van der Waals surface area contributed by atoms with E-state index in [9.17, 15) is 0 Å². The fourth-order valence-corrected chi connectivity index (χ4v) is 7.18. The summed E-state index contributed by atoms with van der Waals surface area (Å²) >= 11 is 7.08. The maximum Gasteiger partial charge on any atom is 0.0490 e. The highest BCUT2D eigenvalue weighted by atomic mass is 35.5. The van der Waals surface area contributed by atoms with Gasteiger partial charge in [-0.2, -0.15) is 0 Å². The molecule has 7 aromatic carbocycles. The molecule has 0 N–H and O–H groups in total. The Morgan fingerprint density at radius 1 is 0.465 bits per heavy atom. The molecule has 1 nitrogen and oxygen atoms in total. The summed E-state index contributed by atoms with van der Waals surface area (Å²) < 4.78 is 0. The van der Waals surface area contributed by atoms with Crippen molar-refractivity contribution in [2.75, 3.05) is 4.90 Å². The van der Waals surface area contributed by atoms with Crippen LogP contribution in [0.2, 0.25) is 5.02 Å². The summed E-state index contributed by atoms with van der Waals surface area (Å²) in [5.74, 6) is 0. The smallest absolute Gasteiger partial charge is 0.0490 e. The van der Waals surface area contributed by atoms with Gasteiger partial charge in [0.05, 0.1) is 0 Å². The molecule has 0 atom stereocenters. The van der Waals surface area contributed by atoms with Gasteiger partial charge in [-0.05, 0) is 97.9 Å². The van der Waals surface area contributed by atoms with Crippen LogP contribution in [0.5, 0.6) is 0 Å². The lowest BCUT2D eigenvalue weighted by atomic mass is 9.81. The molecule has 0 aromatic heterocycles. The van der Waals surface area contributed by atoms with Gasteiger partial charge in [0.1, 0.15) is 0 Å². The lowest BCUT2D eigenvalue weighted by Crippen LogP contribution is -2.15. The van der Waals surface area contributed by atoms with Gasteiger partial charge < -0.3 is 4.90 Å². The van der Waals surface area contributed by atoms with Crippen LogP contribution >= 0.6 is 11.6 Å². The molecular formula is C41H30ClN. The maximum absolute atomic E-state index is 7.08. The third kappa shape index (κ3) is 4.15. The maximum atomic E-state index is 7.08. The molecule has 0 spiro atoms. The highest BCUT2D eigenvalue weighted by molar-refractivity contribution is 6.33. The van der Waals surface area contributed by atoms with Crippen LogP contribution in [-0.4, -0.2) is 0 Å². The minimum atomic E-state index is -0.0905. The van der Waals surface area contributed by atoms with Gasteiger partial charge in [0, 0.05) is 33.1 Å². The molecule has 1 aliphatic carbocycles. The average molecular weight is 572 g/mol. The summed E-state index contributed by atoms with van der Waals surface area (Å²) in [6.45, 7) is 4.62. The Morgan fingerprint density at radius 3 is 2.00 bits per heavy atom. The fraction of sp³-hybridized carbons (Fsp3) is 0.0732. The number of nitrogens with zero attached hydrogens (tertiary/aromatic N) is 1. The zero-order chi connectivity index (χ0) is 29.1. The molecule has 0 saturated carbocycles. The summed E-state index contributed by atoms with van der Waals surface area (Å²) in [4.78, 5) is 2.34.